The largest absolute Gasteiger partial charge is 0.461 e. The zero-order valence-electron chi connectivity index (χ0n) is 21.8. The molecule has 5 heteroatoms. The Hall–Kier alpha value is -1.20. The van der Waals surface area contributed by atoms with E-state index in [0.717, 1.165) is 32.1 Å². The molecule has 4 aliphatic carbocycles. The van der Waals surface area contributed by atoms with Crippen LogP contribution in [0.1, 0.15) is 97.8 Å². The van der Waals surface area contributed by atoms with E-state index < -0.39 is 5.60 Å². The average Bonchev–Trinajstić information content (AvgIpc) is 3.50. The minimum absolute atomic E-state index is 0.0212. The number of allylic oxidation sites excluding steroid dienone is 4. The second-order valence-corrected chi connectivity index (χ2v) is 13.0. The Morgan fingerprint density at radius 3 is 2.57 bits per heavy atom. The Morgan fingerprint density at radius 2 is 1.91 bits per heavy atom. The summed E-state index contributed by atoms with van der Waals surface area (Å²) in [5, 5.41) is 10.3. The molecule has 1 N–H and O–H groups in total. The molecule has 0 spiro atoms. The Bertz CT molecular complexity index is 919. The predicted molar refractivity (Wildman–Crippen MR) is 143 cm³/mol. The lowest BCUT2D eigenvalue weighted by Crippen LogP contribution is -2.38. The highest BCUT2D eigenvalue weighted by molar-refractivity contribution is 9.09. The second-order valence-electron chi connectivity index (χ2n) is 12.4. The first-order valence-corrected chi connectivity index (χ1v) is 14.7. The third-order valence-corrected chi connectivity index (χ3v) is 10.2. The van der Waals surface area contributed by atoms with Crippen LogP contribution in [0.3, 0.4) is 0 Å². The summed E-state index contributed by atoms with van der Waals surface area (Å²) in [6.07, 6.45) is 17.1. The monoisotopic (exact) mass is 546 g/mol. The second kappa shape index (κ2) is 10.3. The number of rotatable bonds is 8. The van der Waals surface area contributed by atoms with Crippen LogP contribution in [-0.2, 0) is 14.3 Å². The number of esters is 1. The maximum atomic E-state index is 12.4. The Balaban J connectivity index is 1.46. The molecule has 0 aromatic heterocycles. The lowest BCUT2D eigenvalue weighted by atomic mass is 9.59. The summed E-state index contributed by atoms with van der Waals surface area (Å²) in [7, 11) is 0. The summed E-state index contributed by atoms with van der Waals surface area (Å²) in [5.41, 5.74) is 3.35. The van der Waals surface area contributed by atoms with Crippen LogP contribution in [0.5, 0.6) is 0 Å². The molecule has 4 nitrogen and oxygen atoms in total. The van der Waals surface area contributed by atoms with Crippen molar-refractivity contribution in [1.82, 2.24) is 0 Å². The molecule has 4 atom stereocenters. The summed E-state index contributed by atoms with van der Waals surface area (Å²) >= 11 is 3.19. The normalized spacial score (nSPS) is 34.7. The van der Waals surface area contributed by atoms with E-state index in [0.29, 0.717) is 29.1 Å². The summed E-state index contributed by atoms with van der Waals surface area (Å²) in [6.45, 7) is 10.0. The minimum Gasteiger partial charge on any atom is -0.461 e. The van der Waals surface area contributed by atoms with Gasteiger partial charge in [-0.2, -0.15) is 0 Å². The number of carbonyl (C=O) groups is 2. The van der Waals surface area contributed by atoms with Crippen molar-refractivity contribution in [3.05, 3.63) is 35.5 Å². The van der Waals surface area contributed by atoms with Crippen molar-refractivity contribution in [3.8, 4) is 0 Å². The fraction of sp³-hybridized carbons (Fsp3) is 0.733. The number of ether oxygens (including phenoxy) is 1. The quantitative estimate of drug-likeness (QED) is 0.263. The fourth-order valence-electron chi connectivity index (χ4n) is 7.55. The molecule has 0 amide bonds. The van der Waals surface area contributed by atoms with Gasteiger partial charge < -0.3 is 9.84 Å². The number of hydrogen-bond donors (Lipinski definition) is 1. The third-order valence-electron chi connectivity index (χ3n) is 9.70. The molecule has 0 radical (unpaired) electrons. The van der Waals surface area contributed by atoms with E-state index in [2.05, 4.69) is 41.6 Å². The average molecular weight is 548 g/mol. The van der Waals surface area contributed by atoms with Crippen LogP contribution < -0.4 is 0 Å². The molecule has 194 valence electrons. The van der Waals surface area contributed by atoms with E-state index in [9.17, 15) is 14.7 Å². The van der Waals surface area contributed by atoms with Gasteiger partial charge in [-0.3, -0.25) is 9.59 Å². The molecular weight excluding hydrogens is 504 g/mol. The molecular formula is C30H43BrO4. The highest BCUT2D eigenvalue weighted by atomic mass is 79.9. The van der Waals surface area contributed by atoms with Crippen LogP contribution in [0, 0.1) is 22.7 Å². The van der Waals surface area contributed by atoms with Crippen LogP contribution in [-0.4, -0.2) is 33.9 Å². The van der Waals surface area contributed by atoms with E-state index in [-0.39, 0.29) is 23.2 Å². The number of ketones is 1. The first-order valence-electron chi connectivity index (χ1n) is 13.6. The van der Waals surface area contributed by atoms with Gasteiger partial charge in [-0.1, -0.05) is 52.7 Å². The van der Waals surface area contributed by atoms with E-state index in [1.54, 1.807) is 19.4 Å². The standard InChI is InChI=1S/C30H43BrO4/c1-20-7-10-23(35-27(33)19-31)18-22(20)9-8-21-6-5-14-29(4)24(21)11-12-25(29)30(16-17-30)15-13-26(32)28(2,3)34/h8-9,23-25,34H,1,5-7,10-19H2,2-4H3/t23-,24?,25-,29-/m0/s1. The van der Waals surface area contributed by atoms with E-state index in [1.807, 2.05) is 0 Å². The number of halogens is 1. The molecule has 0 saturated heterocycles. The van der Waals surface area contributed by atoms with Crippen LogP contribution in [0.15, 0.2) is 35.5 Å². The molecule has 0 aromatic carbocycles. The first kappa shape index (κ1) is 26.9. The van der Waals surface area contributed by atoms with Gasteiger partial charge in [-0.15, -0.1) is 0 Å². The van der Waals surface area contributed by atoms with Gasteiger partial charge in [0.15, 0.2) is 5.78 Å². The number of alkyl halides is 1. The summed E-state index contributed by atoms with van der Waals surface area (Å²) in [5.74, 6) is 1.06. The van der Waals surface area contributed by atoms with E-state index in [1.165, 1.54) is 49.7 Å². The van der Waals surface area contributed by atoms with E-state index in [4.69, 9.17) is 4.74 Å². The minimum atomic E-state index is -1.22. The number of aliphatic hydroxyl groups is 1. The maximum Gasteiger partial charge on any atom is 0.316 e. The van der Waals surface area contributed by atoms with Gasteiger partial charge >= 0.3 is 5.97 Å². The number of hydrogen-bond acceptors (Lipinski definition) is 4. The van der Waals surface area contributed by atoms with Gasteiger partial charge in [0.05, 0.1) is 0 Å². The number of fused-ring (bicyclic) bond motifs is 1. The van der Waals surface area contributed by atoms with Gasteiger partial charge in [0.2, 0.25) is 0 Å². The van der Waals surface area contributed by atoms with Gasteiger partial charge in [0, 0.05) is 12.8 Å². The molecule has 0 heterocycles. The predicted octanol–water partition coefficient (Wildman–Crippen LogP) is 7.00. The van der Waals surface area contributed by atoms with Crippen molar-refractivity contribution < 1.29 is 19.4 Å². The SMILES string of the molecule is C=C1CC[C@H](OC(=O)CBr)CC1=CC=C1CCC[C@@]2(C)C1CC[C@@H]2C1(CCC(=O)C(C)(C)O)CC1. The molecule has 4 fully saturated rings. The molecule has 4 saturated carbocycles. The Kier molecular flexibility index (Phi) is 7.89. The molecule has 0 bridgehead atoms. The molecule has 1 unspecified atom stereocenters. The van der Waals surface area contributed by atoms with Crippen molar-refractivity contribution in [1.29, 1.82) is 0 Å². The van der Waals surface area contributed by atoms with Crippen molar-refractivity contribution in [2.75, 3.05) is 5.33 Å². The summed E-state index contributed by atoms with van der Waals surface area (Å²) in [6, 6.07) is 0. The molecule has 35 heavy (non-hydrogen) atoms. The van der Waals surface area contributed by atoms with Crippen LogP contribution in [0.4, 0.5) is 0 Å². The van der Waals surface area contributed by atoms with Gasteiger partial charge in [0.25, 0.3) is 0 Å². The van der Waals surface area contributed by atoms with Crippen LogP contribution >= 0.6 is 15.9 Å². The molecule has 4 rings (SSSR count). The summed E-state index contributed by atoms with van der Waals surface area (Å²) in [4.78, 5) is 24.2. The molecule has 0 aliphatic heterocycles. The maximum absolute atomic E-state index is 12.4. The molecule has 4 aliphatic rings. The molecule has 0 aromatic rings. The van der Waals surface area contributed by atoms with Gasteiger partial charge in [-0.25, -0.2) is 0 Å². The first-order chi connectivity index (χ1) is 16.5. The van der Waals surface area contributed by atoms with Crippen molar-refractivity contribution in [2.45, 2.75) is 110 Å². The number of carbonyl (C=O) groups excluding carboxylic acids is 2. The Morgan fingerprint density at radius 1 is 1.17 bits per heavy atom. The lowest BCUT2D eigenvalue weighted by Gasteiger charge is -2.45. The lowest BCUT2D eigenvalue weighted by molar-refractivity contribution is -0.146. The van der Waals surface area contributed by atoms with Crippen molar-refractivity contribution in [3.63, 3.8) is 0 Å². The third kappa shape index (κ3) is 5.71. The topological polar surface area (TPSA) is 63.6 Å². The highest BCUT2D eigenvalue weighted by Crippen LogP contribution is 2.70. The van der Waals surface area contributed by atoms with Crippen molar-refractivity contribution in [2.24, 2.45) is 22.7 Å². The zero-order valence-corrected chi connectivity index (χ0v) is 23.4. The van der Waals surface area contributed by atoms with Crippen LogP contribution in [0.25, 0.3) is 0 Å². The van der Waals surface area contributed by atoms with Gasteiger partial charge in [0.1, 0.15) is 17.0 Å². The summed E-state index contributed by atoms with van der Waals surface area (Å²) < 4.78 is 5.59. The highest BCUT2D eigenvalue weighted by Gasteiger charge is 2.60. The Labute approximate surface area is 219 Å². The van der Waals surface area contributed by atoms with Crippen LogP contribution in [0.2, 0.25) is 0 Å². The number of Topliss-reactive ketones (excluding diaryl/α,β-unsaturated/α-hetero) is 1. The fourth-order valence-corrected chi connectivity index (χ4v) is 7.68. The smallest absolute Gasteiger partial charge is 0.316 e. The van der Waals surface area contributed by atoms with Gasteiger partial charge in [-0.05, 0) is 106 Å². The zero-order chi connectivity index (χ0) is 25.4. The van der Waals surface area contributed by atoms with E-state index >= 15 is 0 Å². The van der Waals surface area contributed by atoms with Crippen molar-refractivity contribution >= 4 is 27.7 Å².